The zero-order valence-corrected chi connectivity index (χ0v) is 12.7. The van der Waals surface area contributed by atoms with E-state index in [-0.39, 0.29) is 11.5 Å². The van der Waals surface area contributed by atoms with Crippen LogP contribution in [0, 0.1) is 13.8 Å². The van der Waals surface area contributed by atoms with Crippen molar-refractivity contribution in [1.82, 2.24) is 20.2 Å². The van der Waals surface area contributed by atoms with Gasteiger partial charge < -0.3 is 4.74 Å². The highest BCUT2D eigenvalue weighted by Gasteiger charge is 2.15. The second-order valence-corrected chi connectivity index (χ2v) is 6.87. The van der Waals surface area contributed by atoms with Crippen LogP contribution in [0.4, 0.5) is 0 Å². The lowest BCUT2D eigenvalue weighted by Crippen LogP contribution is -2.03. The minimum atomic E-state index is -3.75. The van der Waals surface area contributed by atoms with Crippen LogP contribution in [0.1, 0.15) is 17.0 Å². The number of aryl methyl sites for hydroxylation is 3. The van der Waals surface area contributed by atoms with Gasteiger partial charge in [0.05, 0.1) is 11.9 Å². The summed E-state index contributed by atoms with van der Waals surface area (Å²) >= 11 is 0. The van der Waals surface area contributed by atoms with E-state index in [0.717, 1.165) is 0 Å². The fourth-order valence-corrected chi connectivity index (χ4v) is 2.70. The van der Waals surface area contributed by atoms with Gasteiger partial charge in [0.1, 0.15) is 5.75 Å². The van der Waals surface area contributed by atoms with Crippen molar-refractivity contribution in [2.45, 2.75) is 25.3 Å². The van der Waals surface area contributed by atoms with Gasteiger partial charge in [0.2, 0.25) is 5.82 Å². The molecule has 0 aliphatic rings. The largest absolute Gasteiger partial charge is 0.485 e. The highest BCUT2D eigenvalue weighted by atomic mass is 35.7. The van der Waals surface area contributed by atoms with Crippen molar-refractivity contribution in [2.75, 3.05) is 0 Å². The molecule has 2 rings (SSSR count). The average molecular weight is 317 g/mol. The summed E-state index contributed by atoms with van der Waals surface area (Å²) in [5.41, 5.74) is 1.35. The van der Waals surface area contributed by atoms with Crippen LogP contribution in [0.3, 0.4) is 0 Å². The minimum Gasteiger partial charge on any atom is -0.485 e. The summed E-state index contributed by atoms with van der Waals surface area (Å²) < 4.78 is 28.3. The molecule has 0 aliphatic heterocycles. The van der Waals surface area contributed by atoms with E-state index in [1.807, 2.05) is 0 Å². The van der Waals surface area contributed by atoms with Crippen LogP contribution in [0.5, 0.6) is 5.75 Å². The number of hydrogen-bond donors (Lipinski definition) is 0. The van der Waals surface area contributed by atoms with Crippen LogP contribution in [0.2, 0.25) is 0 Å². The molecule has 0 radical (unpaired) electrons. The molecule has 1 heterocycles. The van der Waals surface area contributed by atoms with Gasteiger partial charge in [-0.05, 0) is 42.3 Å². The third kappa shape index (κ3) is 3.26. The topological polar surface area (TPSA) is 87.0 Å². The number of nitrogens with zero attached hydrogens (tertiary/aromatic N) is 4. The molecule has 20 heavy (non-hydrogen) atoms. The van der Waals surface area contributed by atoms with Crippen molar-refractivity contribution >= 4 is 19.7 Å². The molecular weight excluding hydrogens is 304 g/mol. The molecule has 0 saturated carbocycles. The number of benzene rings is 1. The van der Waals surface area contributed by atoms with Gasteiger partial charge in [-0.25, -0.2) is 8.42 Å². The van der Waals surface area contributed by atoms with Crippen molar-refractivity contribution in [2.24, 2.45) is 7.05 Å². The SMILES string of the molecule is Cc1cc(S(=O)(=O)Cl)cc(C)c1OCc1nnn(C)n1. The van der Waals surface area contributed by atoms with E-state index in [1.54, 1.807) is 20.9 Å². The lowest BCUT2D eigenvalue weighted by atomic mass is 10.1. The molecular formula is C11H13ClN4O3S. The molecule has 7 nitrogen and oxygen atoms in total. The van der Waals surface area contributed by atoms with Crippen LogP contribution in [0.25, 0.3) is 0 Å². The van der Waals surface area contributed by atoms with E-state index in [1.165, 1.54) is 16.9 Å². The van der Waals surface area contributed by atoms with Gasteiger partial charge in [-0.2, -0.15) is 4.80 Å². The summed E-state index contributed by atoms with van der Waals surface area (Å²) in [6.45, 7) is 3.65. The predicted molar refractivity (Wildman–Crippen MR) is 72.1 cm³/mol. The fourth-order valence-electron chi connectivity index (χ4n) is 1.80. The van der Waals surface area contributed by atoms with E-state index < -0.39 is 9.05 Å². The Morgan fingerprint density at radius 3 is 2.35 bits per heavy atom. The van der Waals surface area contributed by atoms with E-state index >= 15 is 0 Å². The molecule has 0 aliphatic carbocycles. The predicted octanol–water partition coefficient (Wildman–Crippen LogP) is 1.33. The molecule has 0 saturated heterocycles. The lowest BCUT2D eigenvalue weighted by Gasteiger charge is -2.11. The maximum atomic E-state index is 11.3. The monoisotopic (exact) mass is 316 g/mol. The van der Waals surface area contributed by atoms with Gasteiger partial charge in [-0.15, -0.1) is 10.2 Å². The second kappa shape index (κ2) is 5.37. The van der Waals surface area contributed by atoms with E-state index in [0.29, 0.717) is 22.7 Å². The zero-order chi connectivity index (χ0) is 14.9. The number of tetrazole rings is 1. The van der Waals surface area contributed by atoms with Gasteiger partial charge in [0.15, 0.2) is 6.61 Å². The summed E-state index contributed by atoms with van der Waals surface area (Å²) in [6, 6.07) is 2.93. The molecule has 0 bridgehead atoms. The Kier molecular flexibility index (Phi) is 3.96. The molecule has 108 valence electrons. The van der Waals surface area contributed by atoms with Crippen LogP contribution in [0.15, 0.2) is 17.0 Å². The third-order valence-corrected chi connectivity index (χ3v) is 3.94. The quantitative estimate of drug-likeness (QED) is 0.791. The Bertz CT molecular complexity index is 719. The maximum Gasteiger partial charge on any atom is 0.261 e. The van der Waals surface area contributed by atoms with Crippen molar-refractivity contribution < 1.29 is 13.2 Å². The molecule has 0 N–H and O–H groups in total. The van der Waals surface area contributed by atoms with Crippen molar-refractivity contribution in [3.63, 3.8) is 0 Å². The van der Waals surface area contributed by atoms with Crippen molar-refractivity contribution in [3.8, 4) is 5.75 Å². The highest BCUT2D eigenvalue weighted by Crippen LogP contribution is 2.28. The van der Waals surface area contributed by atoms with E-state index in [9.17, 15) is 8.42 Å². The van der Waals surface area contributed by atoms with Gasteiger partial charge in [0.25, 0.3) is 9.05 Å². The number of hydrogen-bond acceptors (Lipinski definition) is 6. The third-order valence-electron chi connectivity index (χ3n) is 2.61. The normalized spacial score (nSPS) is 11.6. The minimum absolute atomic E-state index is 0.0548. The lowest BCUT2D eigenvalue weighted by molar-refractivity contribution is 0.291. The van der Waals surface area contributed by atoms with Crippen LogP contribution >= 0.6 is 10.7 Å². The molecule has 1 aromatic heterocycles. The first kappa shape index (κ1) is 14.7. The summed E-state index contributed by atoms with van der Waals surface area (Å²) in [6.07, 6.45) is 0. The molecule has 0 fully saturated rings. The number of rotatable bonds is 4. The Morgan fingerprint density at radius 1 is 1.30 bits per heavy atom. The molecule has 0 unspecified atom stereocenters. The van der Waals surface area contributed by atoms with Crippen LogP contribution in [-0.2, 0) is 22.7 Å². The van der Waals surface area contributed by atoms with Crippen LogP contribution < -0.4 is 4.74 Å². The van der Waals surface area contributed by atoms with Gasteiger partial charge in [-0.3, -0.25) is 0 Å². The Labute approximate surface area is 120 Å². The van der Waals surface area contributed by atoms with E-state index in [2.05, 4.69) is 15.4 Å². The number of aromatic nitrogens is 4. The zero-order valence-electron chi connectivity index (χ0n) is 11.2. The molecule has 9 heteroatoms. The Hall–Kier alpha value is -1.67. The summed E-state index contributed by atoms with van der Waals surface area (Å²) in [5, 5.41) is 11.5. The molecule has 0 spiro atoms. The summed E-state index contributed by atoms with van der Waals surface area (Å²) in [5.74, 6) is 1.03. The first-order valence-electron chi connectivity index (χ1n) is 5.69. The molecule has 2 aromatic rings. The maximum absolute atomic E-state index is 11.3. The fraction of sp³-hybridized carbons (Fsp3) is 0.364. The Morgan fingerprint density at radius 2 is 1.90 bits per heavy atom. The van der Waals surface area contributed by atoms with Crippen LogP contribution in [-0.4, -0.2) is 28.6 Å². The van der Waals surface area contributed by atoms with Gasteiger partial charge in [-0.1, -0.05) is 0 Å². The first-order valence-corrected chi connectivity index (χ1v) is 8.00. The molecule has 0 amide bonds. The molecule has 1 aromatic carbocycles. The van der Waals surface area contributed by atoms with Crippen molar-refractivity contribution in [1.29, 1.82) is 0 Å². The Balaban J connectivity index is 2.25. The second-order valence-electron chi connectivity index (χ2n) is 4.31. The standard InChI is InChI=1S/C11H13ClN4O3S/c1-7-4-9(20(12,17)18)5-8(2)11(7)19-6-10-13-15-16(3)14-10/h4-5H,6H2,1-3H3. The van der Waals surface area contributed by atoms with E-state index in [4.69, 9.17) is 15.4 Å². The van der Waals surface area contributed by atoms with Gasteiger partial charge >= 0.3 is 0 Å². The van der Waals surface area contributed by atoms with Crippen molar-refractivity contribution in [3.05, 3.63) is 29.1 Å². The molecule has 0 atom stereocenters. The highest BCUT2D eigenvalue weighted by molar-refractivity contribution is 8.13. The number of halogens is 1. The average Bonchev–Trinajstić information content (AvgIpc) is 2.72. The van der Waals surface area contributed by atoms with Gasteiger partial charge in [0, 0.05) is 10.7 Å². The first-order chi connectivity index (χ1) is 9.27. The summed E-state index contributed by atoms with van der Waals surface area (Å²) in [7, 11) is 3.24. The number of ether oxygens (including phenoxy) is 1. The smallest absolute Gasteiger partial charge is 0.261 e. The summed E-state index contributed by atoms with van der Waals surface area (Å²) in [4.78, 5) is 1.39.